The first kappa shape index (κ1) is 23.9. The Kier molecular flexibility index (Phi) is 6.50. The smallest absolute Gasteiger partial charge is 0.323 e. The highest BCUT2D eigenvalue weighted by molar-refractivity contribution is 5.94. The molecule has 0 atom stereocenters. The lowest BCUT2D eigenvalue weighted by Gasteiger charge is -2.13. The fourth-order valence-corrected chi connectivity index (χ4v) is 4.21. The summed E-state index contributed by atoms with van der Waals surface area (Å²) >= 11 is 0. The van der Waals surface area contributed by atoms with E-state index in [1.807, 2.05) is 30.3 Å². The number of nitrogens with zero attached hydrogens (tertiary/aromatic N) is 4. The number of benzene rings is 2. The molecule has 0 aliphatic carbocycles. The molecule has 4 N–H and O–H groups in total. The first-order chi connectivity index (χ1) is 16.6. The van der Waals surface area contributed by atoms with Crippen molar-refractivity contribution in [3.8, 4) is 11.3 Å². The first-order valence-electron chi connectivity index (χ1n) is 11.3. The monoisotopic (exact) mass is 472 g/mol. The molecule has 2 aromatic carbocycles. The van der Waals surface area contributed by atoms with Gasteiger partial charge in [0.2, 0.25) is 0 Å². The largest absolute Gasteiger partial charge is 0.480 e. The Morgan fingerprint density at radius 3 is 2.49 bits per heavy atom. The van der Waals surface area contributed by atoms with Gasteiger partial charge in [-0.1, -0.05) is 44.2 Å². The number of carbonyl (C=O) groups is 1. The number of aryl methyl sites for hydroxylation is 1. The Morgan fingerprint density at radius 2 is 1.86 bits per heavy atom. The molecule has 0 aliphatic heterocycles. The molecule has 0 saturated carbocycles. The molecule has 4 rings (SSSR count). The van der Waals surface area contributed by atoms with Crippen molar-refractivity contribution in [2.24, 2.45) is 18.7 Å². The summed E-state index contributed by atoms with van der Waals surface area (Å²) in [6, 6.07) is 12.8. The lowest BCUT2D eigenvalue weighted by Crippen LogP contribution is -2.23. The third-order valence-corrected chi connectivity index (χ3v) is 5.87. The van der Waals surface area contributed by atoms with Crippen LogP contribution in [0.25, 0.3) is 22.3 Å². The van der Waals surface area contributed by atoms with Crippen LogP contribution in [0, 0.1) is 11.3 Å². The average Bonchev–Trinajstić information content (AvgIpc) is 3.17. The van der Waals surface area contributed by atoms with Crippen molar-refractivity contribution in [2.75, 3.05) is 0 Å². The maximum atomic E-state index is 13.0. The van der Waals surface area contributed by atoms with Gasteiger partial charge < -0.3 is 20.0 Å². The van der Waals surface area contributed by atoms with E-state index in [1.165, 1.54) is 0 Å². The third-order valence-electron chi connectivity index (χ3n) is 5.87. The van der Waals surface area contributed by atoms with E-state index in [4.69, 9.17) is 16.1 Å². The van der Waals surface area contributed by atoms with E-state index in [0.717, 1.165) is 22.5 Å². The average molecular weight is 473 g/mol. The minimum absolute atomic E-state index is 0.0113. The Morgan fingerprint density at radius 1 is 1.14 bits per heavy atom. The second-order valence-electron chi connectivity index (χ2n) is 9.07. The molecule has 2 aromatic heterocycles. The number of aromatic nitrogens is 4. The van der Waals surface area contributed by atoms with Gasteiger partial charge in [-0.15, -0.1) is 0 Å². The van der Waals surface area contributed by atoms with Gasteiger partial charge in [-0.3, -0.25) is 15.0 Å². The standard InChI is InChI=1S/C26H28N6O3/c1-15(2)10-20-24(32(14-29-20)13-23(33)34)18-8-9-22-19(12-18)30-21(26(35)31(22)3)11-16-4-6-17(7-5-16)25(27)28/h4-9,12,14-15H,10-11,13H2,1-3H3,(H3,27,28)(H,33,34). The molecule has 2 heterocycles. The zero-order valence-electron chi connectivity index (χ0n) is 19.9. The number of nitrogens with two attached hydrogens (primary N) is 1. The van der Waals surface area contributed by atoms with Gasteiger partial charge in [0.05, 0.1) is 28.7 Å². The van der Waals surface area contributed by atoms with E-state index in [0.29, 0.717) is 41.1 Å². The van der Waals surface area contributed by atoms with Crippen molar-refractivity contribution in [3.63, 3.8) is 0 Å². The summed E-state index contributed by atoms with van der Waals surface area (Å²) in [4.78, 5) is 33.6. The second kappa shape index (κ2) is 9.54. The summed E-state index contributed by atoms with van der Waals surface area (Å²) < 4.78 is 3.22. The van der Waals surface area contributed by atoms with Crippen molar-refractivity contribution in [3.05, 3.63) is 81.7 Å². The van der Waals surface area contributed by atoms with E-state index in [1.54, 1.807) is 34.6 Å². The molecule has 180 valence electrons. The highest BCUT2D eigenvalue weighted by Gasteiger charge is 2.18. The molecule has 35 heavy (non-hydrogen) atoms. The molecule has 4 aromatic rings. The number of nitrogen functional groups attached to an aromatic ring is 1. The van der Waals surface area contributed by atoms with Gasteiger partial charge in [0.1, 0.15) is 18.1 Å². The lowest BCUT2D eigenvalue weighted by molar-refractivity contribution is -0.137. The van der Waals surface area contributed by atoms with E-state index < -0.39 is 5.97 Å². The van der Waals surface area contributed by atoms with Crippen LogP contribution >= 0.6 is 0 Å². The summed E-state index contributed by atoms with van der Waals surface area (Å²) in [5.41, 5.74) is 10.9. The minimum Gasteiger partial charge on any atom is -0.480 e. The number of carboxylic acids is 1. The van der Waals surface area contributed by atoms with Gasteiger partial charge in [0.25, 0.3) is 5.56 Å². The number of hydrogen-bond acceptors (Lipinski definition) is 5. The van der Waals surface area contributed by atoms with Gasteiger partial charge >= 0.3 is 5.97 Å². The molecular weight excluding hydrogens is 444 g/mol. The zero-order chi connectivity index (χ0) is 25.3. The minimum atomic E-state index is -0.945. The zero-order valence-corrected chi connectivity index (χ0v) is 19.9. The number of hydrogen-bond donors (Lipinski definition) is 3. The predicted octanol–water partition coefficient (Wildman–Crippen LogP) is 2.95. The van der Waals surface area contributed by atoms with Crippen LogP contribution in [0.2, 0.25) is 0 Å². The molecule has 9 nitrogen and oxygen atoms in total. The van der Waals surface area contributed by atoms with E-state index >= 15 is 0 Å². The number of nitrogens with one attached hydrogen (secondary N) is 1. The van der Waals surface area contributed by atoms with Crippen molar-refractivity contribution < 1.29 is 9.90 Å². The Labute approximate surface area is 202 Å². The van der Waals surface area contributed by atoms with Gasteiger partial charge in [0, 0.05) is 24.6 Å². The summed E-state index contributed by atoms with van der Waals surface area (Å²) in [6.45, 7) is 3.99. The predicted molar refractivity (Wildman–Crippen MR) is 135 cm³/mol. The van der Waals surface area contributed by atoms with Crippen LogP contribution in [-0.2, 0) is 31.2 Å². The van der Waals surface area contributed by atoms with Gasteiger partial charge in [-0.2, -0.15) is 0 Å². The Bertz CT molecular complexity index is 1480. The molecule has 0 spiro atoms. The quantitative estimate of drug-likeness (QED) is 0.266. The highest BCUT2D eigenvalue weighted by Crippen LogP contribution is 2.28. The topological polar surface area (TPSA) is 140 Å². The van der Waals surface area contributed by atoms with Gasteiger partial charge in [-0.25, -0.2) is 9.97 Å². The number of carboxylic acid groups (broad SMARTS) is 1. The number of rotatable bonds is 8. The number of imidazole rings is 1. The summed E-state index contributed by atoms with van der Waals surface area (Å²) in [5.74, 6) is -0.607. The normalized spacial score (nSPS) is 11.3. The van der Waals surface area contributed by atoms with Crippen molar-refractivity contribution in [1.82, 2.24) is 19.1 Å². The molecular formula is C26H28N6O3. The van der Waals surface area contributed by atoms with E-state index in [2.05, 4.69) is 18.8 Å². The van der Waals surface area contributed by atoms with Crippen LogP contribution in [0.5, 0.6) is 0 Å². The SMILES string of the molecule is CC(C)Cc1ncn(CC(=O)O)c1-c1ccc2c(c1)nc(Cc1ccc(C(=N)N)cc1)c(=O)n2C. The van der Waals surface area contributed by atoms with Crippen LogP contribution < -0.4 is 11.3 Å². The van der Waals surface area contributed by atoms with Crippen molar-refractivity contribution in [1.29, 1.82) is 5.41 Å². The number of amidine groups is 1. The first-order valence-corrected chi connectivity index (χ1v) is 11.3. The maximum Gasteiger partial charge on any atom is 0.323 e. The molecule has 9 heteroatoms. The van der Waals surface area contributed by atoms with E-state index in [-0.39, 0.29) is 17.9 Å². The van der Waals surface area contributed by atoms with Crippen LogP contribution in [0.15, 0.2) is 53.6 Å². The van der Waals surface area contributed by atoms with Crippen molar-refractivity contribution >= 4 is 22.8 Å². The molecule has 0 unspecified atom stereocenters. The molecule has 0 saturated heterocycles. The Balaban J connectivity index is 1.80. The molecule has 0 radical (unpaired) electrons. The fourth-order valence-electron chi connectivity index (χ4n) is 4.21. The van der Waals surface area contributed by atoms with Gasteiger partial charge in [-0.05, 0) is 30.0 Å². The lowest BCUT2D eigenvalue weighted by atomic mass is 10.0. The highest BCUT2D eigenvalue weighted by atomic mass is 16.4. The van der Waals surface area contributed by atoms with Crippen LogP contribution in [0.3, 0.4) is 0 Å². The Hall–Kier alpha value is -4.27. The number of fused-ring (bicyclic) bond motifs is 1. The summed E-state index contributed by atoms with van der Waals surface area (Å²) in [5, 5.41) is 16.9. The summed E-state index contributed by atoms with van der Waals surface area (Å²) in [6.07, 6.45) is 2.61. The number of aliphatic carboxylic acids is 1. The molecule has 0 fully saturated rings. The van der Waals surface area contributed by atoms with Gasteiger partial charge in [0.15, 0.2) is 0 Å². The molecule has 0 aliphatic rings. The fraction of sp³-hybridized carbons (Fsp3) is 0.269. The van der Waals surface area contributed by atoms with Crippen LogP contribution in [-0.4, -0.2) is 36.0 Å². The third kappa shape index (κ3) is 4.98. The summed E-state index contributed by atoms with van der Waals surface area (Å²) in [7, 11) is 1.72. The van der Waals surface area contributed by atoms with Crippen LogP contribution in [0.4, 0.5) is 0 Å². The molecule has 0 amide bonds. The maximum absolute atomic E-state index is 13.0. The van der Waals surface area contributed by atoms with Crippen molar-refractivity contribution in [2.45, 2.75) is 33.2 Å². The van der Waals surface area contributed by atoms with E-state index in [9.17, 15) is 14.7 Å². The molecule has 0 bridgehead atoms. The second-order valence-corrected chi connectivity index (χ2v) is 9.07. The van der Waals surface area contributed by atoms with Crippen LogP contribution in [0.1, 0.15) is 36.4 Å².